The Bertz CT molecular complexity index is 1040. The van der Waals surface area contributed by atoms with Crippen molar-refractivity contribution in [1.82, 2.24) is 10.2 Å². The molecule has 0 saturated carbocycles. The van der Waals surface area contributed by atoms with Gasteiger partial charge in [-0.2, -0.15) is 0 Å². The number of hydrogen-bond donors (Lipinski definition) is 3. The van der Waals surface area contributed by atoms with E-state index in [-0.39, 0.29) is 29.5 Å². The average molecular weight is 499 g/mol. The molecule has 1 heterocycles. The van der Waals surface area contributed by atoms with Gasteiger partial charge in [0.2, 0.25) is 11.8 Å². The summed E-state index contributed by atoms with van der Waals surface area (Å²) in [5.74, 6) is -0.725. The summed E-state index contributed by atoms with van der Waals surface area (Å²) in [6.45, 7) is 4.25. The van der Waals surface area contributed by atoms with Crippen LogP contribution in [0.4, 0.5) is 11.4 Å². The fourth-order valence-corrected chi connectivity index (χ4v) is 4.01. The van der Waals surface area contributed by atoms with Gasteiger partial charge in [0.25, 0.3) is 0 Å². The Morgan fingerprint density at radius 1 is 0.972 bits per heavy atom. The van der Waals surface area contributed by atoms with Gasteiger partial charge in [0.1, 0.15) is 5.75 Å². The number of anilines is 2. The maximum atomic E-state index is 12.5. The number of aromatic carboxylic acids is 1. The fraction of sp³-hybridized carbons (Fsp3) is 0.423. The summed E-state index contributed by atoms with van der Waals surface area (Å²) in [5.41, 5.74) is 1.86. The summed E-state index contributed by atoms with van der Waals surface area (Å²) >= 11 is 0. The van der Waals surface area contributed by atoms with E-state index in [2.05, 4.69) is 20.4 Å². The summed E-state index contributed by atoms with van der Waals surface area (Å²) in [5, 5.41) is 15.4. The quantitative estimate of drug-likeness (QED) is 0.379. The first kappa shape index (κ1) is 27.0. The van der Waals surface area contributed by atoms with E-state index >= 15 is 0 Å². The lowest BCUT2D eigenvalue weighted by Crippen LogP contribution is -2.49. The highest BCUT2D eigenvalue weighted by atomic mass is 16.5. The molecule has 1 aliphatic heterocycles. The lowest BCUT2D eigenvalue weighted by Gasteiger charge is -2.36. The molecule has 194 valence electrons. The van der Waals surface area contributed by atoms with Crippen LogP contribution in [-0.2, 0) is 20.7 Å². The highest BCUT2D eigenvalue weighted by Crippen LogP contribution is 2.25. The van der Waals surface area contributed by atoms with E-state index in [0.29, 0.717) is 51.6 Å². The summed E-state index contributed by atoms with van der Waals surface area (Å²) in [7, 11) is 3.21. The van der Waals surface area contributed by atoms with Crippen LogP contribution in [0.2, 0.25) is 0 Å². The molecule has 0 spiro atoms. The molecule has 3 rings (SSSR count). The third-order valence-electron chi connectivity index (χ3n) is 5.98. The molecule has 1 saturated heterocycles. The second kappa shape index (κ2) is 13.5. The molecule has 3 N–H and O–H groups in total. The van der Waals surface area contributed by atoms with Gasteiger partial charge in [-0.25, -0.2) is 4.79 Å². The van der Waals surface area contributed by atoms with Crippen LogP contribution in [0.3, 0.4) is 0 Å². The van der Waals surface area contributed by atoms with Crippen LogP contribution in [0.25, 0.3) is 0 Å². The molecule has 0 radical (unpaired) electrons. The van der Waals surface area contributed by atoms with Crippen molar-refractivity contribution in [2.75, 3.05) is 70.3 Å². The third kappa shape index (κ3) is 7.96. The number of carbonyl (C=O) groups is 3. The molecule has 10 nitrogen and oxygen atoms in total. The van der Waals surface area contributed by atoms with Crippen LogP contribution in [-0.4, -0.2) is 87.9 Å². The number of amides is 2. The Hall–Kier alpha value is -3.63. The topological polar surface area (TPSA) is 120 Å². The van der Waals surface area contributed by atoms with Gasteiger partial charge in [-0.3, -0.25) is 14.5 Å². The van der Waals surface area contributed by atoms with E-state index < -0.39 is 5.97 Å². The second-order valence-electron chi connectivity index (χ2n) is 8.57. The molecule has 10 heteroatoms. The van der Waals surface area contributed by atoms with Crippen molar-refractivity contribution in [2.45, 2.75) is 12.8 Å². The summed E-state index contributed by atoms with van der Waals surface area (Å²) < 4.78 is 10.1. The predicted octanol–water partition coefficient (Wildman–Crippen LogP) is 1.85. The molecule has 2 aromatic carbocycles. The minimum absolute atomic E-state index is 0.0116. The van der Waals surface area contributed by atoms with Crippen molar-refractivity contribution in [3.63, 3.8) is 0 Å². The van der Waals surface area contributed by atoms with Crippen LogP contribution in [0.1, 0.15) is 22.3 Å². The zero-order chi connectivity index (χ0) is 25.9. The number of nitrogens with one attached hydrogen (secondary N) is 2. The van der Waals surface area contributed by atoms with Crippen molar-refractivity contribution >= 4 is 29.2 Å². The predicted molar refractivity (Wildman–Crippen MR) is 137 cm³/mol. The van der Waals surface area contributed by atoms with E-state index in [1.54, 1.807) is 50.6 Å². The first-order chi connectivity index (χ1) is 17.4. The number of carbonyl (C=O) groups excluding carboxylic acids is 2. The van der Waals surface area contributed by atoms with Gasteiger partial charge in [-0.05, 0) is 42.3 Å². The number of nitrogens with zero attached hydrogens (tertiary/aromatic N) is 2. The van der Waals surface area contributed by atoms with Crippen molar-refractivity contribution in [1.29, 1.82) is 0 Å². The van der Waals surface area contributed by atoms with Gasteiger partial charge >= 0.3 is 5.97 Å². The SMILES string of the molecule is COCCCNC(=O)CN1CCN(c2ccc(NC(=O)Cc3ccc(OC)cc3)c(C(=O)O)c2)CC1. The van der Waals surface area contributed by atoms with Gasteiger partial charge in [-0.1, -0.05) is 12.1 Å². The monoisotopic (exact) mass is 498 g/mol. The van der Waals surface area contributed by atoms with Crippen molar-refractivity contribution in [3.05, 3.63) is 53.6 Å². The summed E-state index contributed by atoms with van der Waals surface area (Å²) in [4.78, 5) is 40.7. The average Bonchev–Trinajstić information content (AvgIpc) is 2.87. The van der Waals surface area contributed by atoms with Crippen molar-refractivity contribution < 1.29 is 29.0 Å². The normalized spacial score (nSPS) is 13.8. The lowest BCUT2D eigenvalue weighted by atomic mass is 10.1. The molecule has 0 aliphatic carbocycles. The van der Waals surface area contributed by atoms with Crippen LogP contribution < -0.4 is 20.3 Å². The fourth-order valence-electron chi connectivity index (χ4n) is 4.01. The van der Waals surface area contributed by atoms with E-state index in [1.165, 1.54) is 0 Å². The molecule has 0 atom stereocenters. The van der Waals surface area contributed by atoms with Gasteiger partial charge in [-0.15, -0.1) is 0 Å². The molecule has 2 amide bonds. The molecule has 0 aromatic heterocycles. The summed E-state index contributed by atoms with van der Waals surface area (Å²) in [6.07, 6.45) is 0.895. The minimum Gasteiger partial charge on any atom is -0.497 e. The van der Waals surface area contributed by atoms with E-state index in [0.717, 1.165) is 17.7 Å². The number of benzene rings is 2. The number of rotatable bonds is 12. The Morgan fingerprint density at radius 3 is 2.33 bits per heavy atom. The van der Waals surface area contributed by atoms with Crippen LogP contribution in [0, 0.1) is 0 Å². The molecular weight excluding hydrogens is 464 g/mol. The summed E-state index contributed by atoms with van der Waals surface area (Å²) in [6, 6.07) is 12.2. The van der Waals surface area contributed by atoms with Crippen LogP contribution in [0.5, 0.6) is 5.75 Å². The Labute approximate surface area is 211 Å². The standard InChI is InChI=1S/C26H34N4O6/c1-35-15-3-10-27-25(32)18-29-11-13-30(14-12-29)20-6-9-23(22(17-20)26(33)34)28-24(31)16-19-4-7-21(36-2)8-5-19/h4-9,17H,3,10-16,18H2,1-2H3,(H,27,32)(H,28,31)(H,33,34). The third-order valence-corrected chi connectivity index (χ3v) is 5.98. The number of ether oxygens (including phenoxy) is 2. The minimum atomic E-state index is -1.11. The van der Waals surface area contributed by atoms with Crippen molar-refractivity contribution in [2.24, 2.45) is 0 Å². The van der Waals surface area contributed by atoms with Gasteiger partial charge in [0.15, 0.2) is 0 Å². The van der Waals surface area contributed by atoms with Gasteiger partial charge in [0, 0.05) is 52.1 Å². The molecular formula is C26H34N4O6. The number of methoxy groups -OCH3 is 2. The van der Waals surface area contributed by atoms with Gasteiger partial charge in [0.05, 0.1) is 31.3 Å². The maximum Gasteiger partial charge on any atom is 0.337 e. The van der Waals surface area contributed by atoms with Crippen LogP contribution >= 0.6 is 0 Å². The maximum absolute atomic E-state index is 12.5. The number of hydrogen-bond acceptors (Lipinski definition) is 7. The Morgan fingerprint density at radius 2 is 1.69 bits per heavy atom. The molecule has 2 aromatic rings. The van der Waals surface area contributed by atoms with Crippen molar-refractivity contribution in [3.8, 4) is 5.75 Å². The zero-order valence-electron chi connectivity index (χ0n) is 20.8. The second-order valence-corrected chi connectivity index (χ2v) is 8.57. The molecule has 0 unspecified atom stereocenters. The molecule has 0 bridgehead atoms. The van der Waals surface area contributed by atoms with E-state index in [4.69, 9.17) is 9.47 Å². The Kier molecular flexibility index (Phi) is 10.1. The zero-order valence-corrected chi connectivity index (χ0v) is 20.8. The van der Waals surface area contributed by atoms with Gasteiger partial charge < -0.3 is 30.1 Å². The molecule has 36 heavy (non-hydrogen) atoms. The number of carboxylic acids is 1. The van der Waals surface area contributed by atoms with E-state index in [9.17, 15) is 19.5 Å². The number of piperazine rings is 1. The first-order valence-electron chi connectivity index (χ1n) is 11.9. The number of carboxylic acid groups (broad SMARTS) is 1. The smallest absolute Gasteiger partial charge is 0.337 e. The lowest BCUT2D eigenvalue weighted by molar-refractivity contribution is -0.122. The highest BCUT2D eigenvalue weighted by Gasteiger charge is 2.21. The highest BCUT2D eigenvalue weighted by molar-refractivity contribution is 6.01. The molecule has 1 aliphatic rings. The largest absolute Gasteiger partial charge is 0.497 e. The first-order valence-corrected chi connectivity index (χ1v) is 11.9. The Balaban J connectivity index is 1.54. The molecule has 1 fully saturated rings. The van der Waals surface area contributed by atoms with E-state index in [1.807, 2.05) is 6.07 Å². The van der Waals surface area contributed by atoms with Crippen LogP contribution in [0.15, 0.2) is 42.5 Å².